The maximum absolute atomic E-state index is 12.3. The molecule has 0 aliphatic rings. The molecule has 2 aromatic carbocycles. The van der Waals surface area contributed by atoms with E-state index < -0.39 is 0 Å². The Hall–Kier alpha value is -2.34. The number of anilines is 1. The molecule has 0 spiro atoms. The molecular formula is C22H27BrN2O3. The van der Waals surface area contributed by atoms with Gasteiger partial charge in [0.05, 0.1) is 15.7 Å². The molecule has 0 aromatic heterocycles. The first-order valence-electron chi connectivity index (χ1n) is 9.51. The molecule has 0 aliphatic heterocycles. The first-order chi connectivity index (χ1) is 13.4. The molecule has 0 fully saturated rings. The van der Waals surface area contributed by atoms with Crippen molar-refractivity contribution in [2.45, 2.75) is 39.5 Å². The van der Waals surface area contributed by atoms with Crippen LogP contribution in [0.3, 0.4) is 0 Å². The molecule has 6 heteroatoms. The number of benzene rings is 2. The van der Waals surface area contributed by atoms with E-state index in [0.29, 0.717) is 29.5 Å². The van der Waals surface area contributed by atoms with Crippen LogP contribution in [-0.2, 0) is 4.79 Å². The number of halogens is 1. The fourth-order valence-corrected chi connectivity index (χ4v) is 3.10. The minimum absolute atomic E-state index is 0.147. The number of ether oxygens (including phenoxy) is 1. The molecule has 2 rings (SSSR count). The molecule has 0 radical (unpaired) electrons. The molecule has 0 heterocycles. The number of rotatable bonds is 9. The summed E-state index contributed by atoms with van der Waals surface area (Å²) in [7, 11) is 0. The van der Waals surface area contributed by atoms with Crippen LogP contribution in [-0.4, -0.2) is 25.0 Å². The third-order valence-electron chi connectivity index (χ3n) is 4.24. The zero-order valence-electron chi connectivity index (χ0n) is 16.5. The number of carbonyl (C=O) groups is 2. The van der Waals surface area contributed by atoms with Crippen LogP contribution in [0, 0.1) is 0 Å². The number of amides is 2. The molecule has 0 aliphatic carbocycles. The zero-order valence-corrected chi connectivity index (χ0v) is 18.1. The van der Waals surface area contributed by atoms with Gasteiger partial charge in [-0.05, 0) is 58.1 Å². The Morgan fingerprint density at radius 2 is 1.89 bits per heavy atom. The van der Waals surface area contributed by atoms with E-state index >= 15 is 0 Å². The van der Waals surface area contributed by atoms with Gasteiger partial charge in [-0.25, -0.2) is 0 Å². The summed E-state index contributed by atoms with van der Waals surface area (Å²) in [6.07, 6.45) is 1.92. The molecule has 28 heavy (non-hydrogen) atoms. The second kappa shape index (κ2) is 10.9. The molecule has 0 atom stereocenters. The predicted molar refractivity (Wildman–Crippen MR) is 116 cm³/mol. The fraction of sp³-hybridized carbons (Fsp3) is 0.364. The lowest BCUT2D eigenvalue weighted by molar-refractivity contribution is -0.118. The van der Waals surface area contributed by atoms with Crippen LogP contribution in [0.15, 0.2) is 46.9 Å². The number of carbonyl (C=O) groups excluding carboxylic acids is 2. The Morgan fingerprint density at radius 3 is 2.57 bits per heavy atom. The molecule has 0 saturated heterocycles. The van der Waals surface area contributed by atoms with Gasteiger partial charge >= 0.3 is 0 Å². The van der Waals surface area contributed by atoms with Gasteiger partial charge in [-0.1, -0.05) is 45.4 Å². The van der Waals surface area contributed by atoms with Crippen molar-refractivity contribution in [3.8, 4) is 5.75 Å². The van der Waals surface area contributed by atoms with Crippen molar-refractivity contribution in [2.75, 3.05) is 18.5 Å². The predicted octanol–water partition coefficient (Wildman–Crippen LogP) is 5.12. The Labute approximate surface area is 175 Å². The third kappa shape index (κ3) is 6.37. The van der Waals surface area contributed by atoms with E-state index in [9.17, 15) is 9.59 Å². The van der Waals surface area contributed by atoms with Crippen molar-refractivity contribution in [2.24, 2.45) is 0 Å². The van der Waals surface area contributed by atoms with E-state index in [-0.39, 0.29) is 18.4 Å². The summed E-state index contributed by atoms with van der Waals surface area (Å²) in [4.78, 5) is 24.7. The largest absolute Gasteiger partial charge is 0.483 e. The first kappa shape index (κ1) is 22.0. The van der Waals surface area contributed by atoms with E-state index in [1.807, 2.05) is 18.2 Å². The van der Waals surface area contributed by atoms with Crippen LogP contribution in [0.5, 0.6) is 5.75 Å². The van der Waals surface area contributed by atoms with Crippen molar-refractivity contribution in [1.82, 2.24) is 5.32 Å². The lowest BCUT2D eigenvalue weighted by Gasteiger charge is -2.13. The minimum atomic E-state index is -0.325. The summed E-state index contributed by atoms with van der Waals surface area (Å²) in [5.74, 6) is 0.490. The number of hydrogen-bond donors (Lipinski definition) is 2. The van der Waals surface area contributed by atoms with Crippen molar-refractivity contribution in [3.63, 3.8) is 0 Å². The standard InChI is InChI=1S/C22H27BrN2O3/c1-4-5-12-24-22(27)17-8-6-7-9-19(17)25-21(26)14-28-20-11-10-16(15(2)3)13-18(20)23/h6-11,13,15H,4-5,12,14H2,1-3H3,(H,24,27)(H,25,26). The highest BCUT2D eigenvalue weighted by molar-refractivity contribution is 9.10. The van der Waals surface area contributed by atoms with Gasteiger partial charge in [0.2, 0.25) is 0 Å². The van der Waals surface area contributed by atoms with Crippen LogP contribution < -0.4 is 15.4 Å². The normalized spacial score (nSPS) is 10.6. The highest BCUT2D eigenvalue weighted by atomic mass is 79.9. The van der Waals surface area contributed by atoms with Crippen molar-refractivity contribution in [3.05, 3.63) is 58.1 Å². The van der Waals surface area contributed by atoms with Gasteiger partial charge in [0.25, 0.3) is 11.8 Å². The molecule has 2 aromatic rings. The summed E-state index contributed by atoms with van der Waals surface area (Å²) in [5.41, 5.74) is 2.10. The summed E-state index contributed by atoms with van der Waals surface area (Å²) in [6, 6.07) is 12.8. The van der Waals surface area contributed by atoms with Crippen LogP contribution in [0.1, 0.15) is 55.5 Å². The zero-order chi connectivity index (χ0) is 20.5. The van der Waals surface area contributed by atoms with Gasteiger partial charge in [-0.2, -0.15) is 0 Å². The molecule has 2 amide bonds. The summed E-state index contributed by atoms with van der Waals surface area (Å²) in [5, 5.41) is 5.63. The monoisotopic (exact) mass is 446 g/mol. The Balaban J connectivity index is 1.97. The first-order valence-corrected chi connectivity index (χ1v) is 10.3. The van der Waals surface area contributed by atoms with Gasteiger partial charge in [0, 0.05) is 6.54 Å². The second-order valence-corrected chi connectivity index (χ2v) is 7.69. The van der Waals surface area contributed by atoms with E-state index in [1.165, 1.54) is 5.56 Å². The number of hydrogen-bond acceptors (Lipinski definition) is 3. The molecule has 0 bridgehead atoms. The van der Waals surface area contributed by atoms with Crippen LogP contribution in [0.25, 0.3) is 0 Å². The van der Waals surface area contributed by atoms with Crippen molar-refractivity contribution in [1.29, 1.82) is 0 Å². The summed E-state index contributed by atoms with van der Waals surface area (Å²) >= 11 is 3.48. The van der Waals surface area contributed by atoms with Gasteiger partial charge < -0.3 is 15.4 Å². The highest BCUT2D eigenvalue weighted by Gasteiger charge is 2.14. The smallest absolute Gasteiger partial charge is 0.262 e. The van der Waals surface area contributed by atoms with E-state index in [2.05, 4.69) is 47.3 Å². The molecule has 0 unspecified atom stereocenters. The number of para-hydroxylation sites is 1. The maximum Gasteiger partial charge on any atom is 0.262 e. The lowest BCUT2D eigenvalue weighted by atomic mass is 10.0. The molecule has 150 valence electrons. The molecule has 5 nitrogen and oxygen atoms in total. The van der Waals surface area contributed by atoms with Crippen molar-refractivity contribution >= 4 is 33.4 Å². The Kier molecular flexibility index (Phi) is 8.51. The van der Waals surface area contributed by atoms with Crippen molar-refractivity contribution < 1.29 is 14.3 Å². The highest BCUT2D eigenvalue weighted by Crippen LogP contribution is 2.29. The fourth-order valence-electron chi connectivity index (χ4n) is 2.59. The quantitative estimate of drug-likeness (QED) is 0.525. The second-order valence-electron chi connectivity index (χ2n) is 6.84. The molecular weight excluding hydrogens is 420 g/mol. The van der Waals surface area contributed by atoms with Gasteiger partial charge in [0.15, 0.2) is 6.61 Å². The van der Waals surface area contributed by atoms with Gasteiger partial charge in [-0.15, -0.1) is 0 Å². The average molecular weight is 447 g/mol. The van der Waals surface area contributed by atoms with Gasteiger partial charge in [0.1, 0.15) is 5.75 Å². The molecule has 2 N–H and O–H groups in total. The van der Waals surface area contributed by atoms with E-state index in [4.69, 9.17) is 4.74 Å². The van der Waals surface area contributed by atoms with Crippen LogP contribution in [0.4, 0.5) is 5.69 Å². The Bertz CT molecular complexity index is 821. The molecule has 0 saturated carbocycles. The average Bonchev–Trinajstić information content (AvgIpc) is 2.67. The third-order valence-corrected chi connectivity index (χ3v) is 4.86. The number of unbranched alkanes of at least 4 members (excludes halogenated alkanes) is 1. The lowest BCUT2D eigenvalue weighted by Crippen LogP contribution is -2.27. The van der Waals surface area contributed by atoms with E-state index in [1.54, 1.807) is 24.3 Å². The van der Waals surface area contributed by atoms with E-state index in [0.717, 1.165) is 17.3 Å². The number of nitrogens with one attached hydrogen (secondary N) is 2. The summed E-state index contributed by atoms with van der Waals surface area (Å²) < 4.78 is 6.43. The SMILES string of the molecule is CCCCNC(=O)c1ccccc1NC(=O)COc1ccc(C(C)C)cc1Br. The van der Waals surface area contributed by atoms with Crippen LogP contribution >= 0.6 is 15.9 Å². The Morgan fingerprint density at radius 1 is 1.14 bits per heavy atom. The van der Waals surface area contributed by atoms with Crippen LogP contribution in [0.2, 0.25) is 0 Å². The topological polar surface area (TPSA) is 67.4 Å². The summed E-state index contributed by atoms with van der Waals surface area (Å²) in [6.45, 7) is 6.76. The maximum atomic E-state index is 12.3. The minimum Gasteiger partial charge on any atom is -0.483 e. The van der Waals surface area contributed by atoms with Gasteiger partial charge in [-0.3, -0.25) is 9.59 Å².